The minimum atomic E-state index is -0.467. The summed E-state index contributed by atoms with van der Waals surface area (Å²) in [5.74, 6) is 1.36. The number of thioether (sulfide) groups is 1. The minimum Gasteiger partial charge on any atom is -0.496 e. The van der Waals surface area contributed by atoms with Crippen LogP contribution in [0.25, 0.3) is 0 Å². The third-order valence-electron chi connectivity index (χ3n) is 4.67. The Bertz CT molecular complexity index is 1030. The van der Waals surface area contributed by atoms with Crippen LogP contribution in [0.5, 0.6) is 5.75 Å². The summed E-state index contributed by atoms with van der Waals surface area (Å²) < 4.78 is 7.34. The fourth-order valence-electron chi connectivity index (χ4n) is 3.11. The Morgan fingerprint density at radius 1 is 1.10 bits per heavy atom. The van der Waals surface area contributed by atoms with Crippen LogP contribution in [0.3, 0.4) is 0 Å². The fourth-order valence-corrected chi connectivity index (χ4v) is 3.74. The molecule has 0 spiro atoms. The van der Waals surface area contributed by atoms with Gasteiger partial charge >= 0.3 is 0 Å². The molecular weight excluding hydrogens is 412 g/mol. The number of aromatic nitrogens is 2. The molecule has 0 bridgehead atoms. The molecule has 2 N–H and O–H groups in total. The Hall–Kier alpha value is -3.26. The molecule has 0 aliphatic carbocycles. The van der Waals surface area contributed by atoms with Gasteiger partial charge in [0, 0.05) is 30.7 Å². The largest absolute Gasteiger partial charge is 0.496 e. The van der Waals surface area contributed by atoms with Crippen molar-refractivity contribution in [3.05, 3.63) is 77.9 Å². The Balaban J connectivity index is 1.60. The van der Waals surface area contributed by atoms with Crippen molar-refractivity contribution < 1.29 is 14.3 Å². The maximum absolute atomic E-state index is 12.7. The number of carbonyl (C=O) groups is 2. The molecule has 8 heteroatoms. The molecule has 0 aliphatic rings. The van der Waals surface area contributed by atoms with Gasteiger partial charge in [-0.05, 0) is 25.1 Å². The smallest absolute Gasteiger partial charge is 0.234 e. The van der Waals surface area contributed by atoms with Gasteiger partial charge in [0.25, 0.3) is 0 Å². The number of rotatable bonds is 9. The minimum absolute atomic E-state index is 0.146. The molecule has 3 rings (SSSR count). The lowest BCUT2D eigenvalue weighted by Gasteiger charge is -2.21. The first-order valence-electron chi connectivity index (χ1n) is 9.81. The van der Waals surface area contributed by atoms with E-state index in [1.54, 1.807) is 13.3 Å². The summed E-state index contributed by atoms with van der Waals surface area (Å²) in [5.41, 5.74) is 2.68. The fraction of sp³-hybridized carbons (Fsp3) is 0.261. The molecule has 2 aromatic carbocycles. The zero-order chi connectivity index (χ0) is 22.2. The second-order valence-electron chi connectivity index (χ2n) is 7.05. The van der Waals surface area contributed by atoms with Crippen LogP contribution in [-0.4, -0.2) is 40.0 Å². The van der Waals surface area contributed by atoms with Crippen molar-refractivity contribution in [2.75, 3.05) is 23.9 Å². The Kier molecular flexibility index (Phi) is 7.72. The molecule has 7 nitrogen and oxygen atoms in total. The lowest BCUT2D eigenvalue weighted by molar-refractivity contribution is -0.119. The highest BCUT2D eigenvalue weighted by Gasteiger charge is 2.23. The van der Waals surface area contributed by atoms with Gasteiger partial charge in [0.1, 0.15) is 17.6 Å². The molecule has 1 atom stereocenters. The summed E-state index contributed by atoms with van der Waals surface area (Å²) in [6, 6.07) is 14.6. The summed E-state index contributed by atoms with van der Waals surface area (Å²) in [6.45, 7) is 1.99. The van der Waals surface area contributed by atoms with Gasteiger partial charge in [-0.1, -0.05) is 35.9 Å². The van der Waals surface area contributed by atoms with Gasteiger partial charge in [0.05, 0.1) is 18.6 Å². The van der Waals surface area contributed by atoms with Crippen molar-refractivity contribution in [1.29, 1.82) is 0 Å². The summed E-state index contributed by atoms with van der Waals surface area (Å²) >= 11 is 1.26. The number of nitrogens with zero attached hydrogens (tertiary/aromatic N) is 2. The van der Waals surface area contributed by atoms with E-state index in [9.17, 15) is 9.59 Å². The molecule has 3 aromatic rings. The Morgan fingerprint density at radius 2 is 1.81 bits per heavy atom. The van der Waals surface area contributed by atoms with Crippen molar-refractivity contribution in [3.8, 4) is 5.75 Å². The highest BCUT2D eigenvalue weighted by atomic mass is 32.2. The molecule has 31 heavy (non-hydrogen) atoms. The predicted octanol–water partition coefficient (Wildman–Crippen LogP) is 3.31. The maximum Gasteiger partial charge on any atom is 0.234 e. The molecule has 0 radical (unpaired) electrons. The standard InChI is InChI=1S/C23H26N4O3S/c1-16-8-10-17(11-9-16)25-20(28)14-31-15-21(29)26-22(23-24-12-13-27(23)2)18-6-4-5-7-19(18)30-3/h4-13,22H,14-15H2,1-3H3,(H,25,28)(H,26,29). The second-order valence-corrected chi connectivity index (χ2v) is 8.03. The quantitative estimate of drug-likeness (QED) is 0.535. The molecule has 0 aliphatic heterocycles. The number of hydrogen-bond acceptors (Lipinski definition) is 5. The van der Waals surface area contributed by atoms with Crippen LogP contribution in [0.2, 0.25) is 0 Å². The number of anilines is 1. The Labute approximate surface area is 186 Å². The van der Waals surface area contributed by atoms with Gasteiger partial charge in [-0.2, -0.15) is 0 Å². The van der Waals surface area contributed by atoms with E-state index >= 15 is 0 Å². The number of nitrogens with one attached hydrogen (secondary N) is 2. The maximum atomic E-state index is 12.7. The second kappa shape index (κ2) is 10.7. The summed E-state index contributed by atoms with van der Waals surface area (Å²) in [4.78, 5) is 29.2. The molecule has 1 aromatic heterocycles. The predicted molar refractivity (Wildman–Crippen MR) is 123 cm³/mol. The van der Waals surface area contributed by atoms with E-state index < -0.39 is 6.04 Å². The van der Waals surface area contributed by atoms with E-state index in [1.807, 2.05) is 73.3 Å². The van der Waals surface area contributed by atoms with Crippen LogP contribution in [0, 0.1) is 6.92 Å². The zero-order valence-electron chi connectivity index (χ0n) is 17.8. The molecule has 0 saturated carbocycles. The number of amides is 2. The molecule has 0 fully saturated rings. The van der Waals surface area contributed by atoms with Gasteiger partial charge < -0.3 is 19.9 Å². The zero-order valence-corrected chi connectivity index (χ0v) is 18.6. The van der Waals surface area contributed by atoms with Crippen LogP contribution in [0.1, 0.15) is 23.0 Å². The number of carbonyl (C=O) groups excluding carboxylic acids is 2. The van der Waals surface area contributed by atoms with Crippen LogP contribution in [0.4, 0.5) is 5.69 Å². The van der Waals surface area contributed by atoms with Gasteiger partial charge in [0.15, 0.2) is 0 Å². The number of imidazole rings is 1. The first-order chi connectivity index (χ1) is 15.0. The van der Waals surface area contributed by atoms with Gasteiger partial charge in [-0.3, -0.25) is 9.59 Å². The van der Waals surface area contributed by atoms with E-state index in [0.29, 0.717) is 11.6 Å². The molecular formula is C23H26N4O3S. The van der Waals surface area contributed by atoms with Gasteiger partial charge in [-0.15, -0.1) is 11.8 Å². The summed E-state index contributed by atoms with van der Waals surface area (Å²) in [5, 5.41) is 5.86. The van der Waals surface area contributed by atoms with E-state index in [2.05, 4.69) is 15.6 Å². The van der Waals surface area contributed by atoms with Crippen molar-refractivity contribution in [1.82, 2.24) is 14.9 Å². The van der Waals surface area contributed by atoms with Crippen LogP contribution in [0.15, 0.2) is 60.9 Å². The number of methoxy groups -OCH3 is 1. The Morgan fingerprint density at radius 3 is 2.48 bits per heavy atom. The molecule has 162 valence electrons. The average Bonchev–Trinajstić information content (AvgIpc) is 3.19. The van der Waals surface area contributed by atoms with E-state index in [1.165, 1.54) is 11.8 Å². The van der Waals surface area contributed by atoms with E-state index in [-0.39, 0.29) is 23.3 Å². The first-order valence-corrected chi connectivity index (χ1v) is 11.0. The average molecular weight is 439 g/mol. The van der Waals surface area contributed by atoms with Gasteiger partial charge in [0.2, 0.25) is 11.8 Å². The highest BCUT2D eigenvalue weighted by Crippen LogP contribution is 2.29. The van der Waals surface area contributed by atoms with Crippen molar-refractivity contribution in [2.45, 2.75) is 13.0 Å². The summed E-state index contributed by atoms with van der Waals surface area (Å²) in [6.07, 6.45) is 3.52. The van der Waals surface area contributed by atoms with Crippen molar-refractivity contribution >= 4 is 29.3 Å². The number of hydrogen-bond donors (Lipinski definition) is 2. The monoisotopic (exact) mass is 438 g/mol. The normalized spacial score (nSPS) is 11.6. The lowest BCUT2D eigenvalue weighted by Crippen LogP contribution is -2.33. The van der Waals surface area contributed by atoms with E-state index in [4.69, 9.17) is 4.74 Å². The van der Waals surface area contributed by atoms with Crippen LogP contribution < -0.4 is 15.4 Å². The molecule has 1 heterocycles. The first kappa shape index (κ1) is 22.4. The van der Waals surface area contributed by atoms with E-state index in [0.717, 1.165) is 16.8 Å². The third kappa shape index (κ3) is 6.11. The van der Waals surface area contributed by atoms with Gasteiger partial charge in [-0.25, -0.2) is 4.98 Å². The lowest BCUT2D eigenvalue weighted by atomic mass is 10.0. The number of aryl methyl sites for hydroxylation is 2. The number of ether oxygens (including phenoxy) is 1. The SMILES string of the molecule is COc1ccccc1C(NC(=O)CSCC(=O)Nc1ccc(C)cc1)c1nccn1C. The topological polar surface area (TPSA) is 85.2 Å². The summed E-state index contributed by atoms with van der Waals surface area (Å²) in [7, 11) is 3.47. The number of benzene rings is 2. The molecule has 2 amide bonds. The molecule has 1 unspecified atom stereocenters. The van der Waals surface area contributed by atoms with Crippen molar-refractivity contribution in [3.63, 3.8) is 0 Å². The highest BCUT2D eigenvalue weighted by molar-refractivity contribution is 8.00. The third-order valence-corrected chi connectivity index (χ3v) is 5.61. The van der Waals surface area contributed by atoms with Crippen LogP contribution in [-0.2, 0) is 16.6 Å². The van der Waals surface area contributed by atoms with Crippen LogP contribution >= 0.6 is 11.8 Å². The van der Waals surface area contributed by atoms with Crippen molar-refractivity contribution in [2.24, 2.45) is 7.05 Å². The number of para-hydroxylation sites is 1. The molecule has 0 saturated heterocycles.